The summed E-state index contributed by atoms with van der Waals surface area (Å²) < 4.78 is 5.86. The van der Waals surface area contributed by atoms with Gasteiger partial charge in [0, 0.05) is 54.6 Å². The van der Waals surface area contributed by atoms with E-state index in [1.54, 1.807) is 7.11 Å². The fourth-order valence-corrected chi connectivity index (χ4v) is 5.32. The maximum atomic E-state index is 9.34. The molecule has 35 heavy (non-hydrogen) atoms. The van der Waals surface area contributed by atoms with Gasteiger partial charge in [0.05, 0.1) is 18.2 Å². The van der Waals surface area contributed by atoms with Crippen molar-refractivity contribution >= 4 is 23.4 Å². The summed E-state index contributed by atoms with van der Waals surface area (Å²) in [6, 6.07) is 14.9. The number of anilines is 1. The van der Waals surface area contributed by atoms with E-state index in [0.29, 0.717) is 18.2 Å². The summed E-state index contributed by atoms with van der Waals surface area (Å²) in [5, 5.41) is 20.5. The quantitative estimate of drug-likeness (QED) is 0.545. The van der Waals surface area contributed by atoms with Crippen molar-refractivity contribution in [1.29, 1.82) is 5.26 Å². The van der Waals surface area contributed by atoms with E-state index >= 15 is 0 Å². The van der Waals surface area contributed by atoms with Crippen LogP contribution in [0.25, 0.3) is 17.2 Å². The number of dihydropyridines is 1. The van der Waals surface area contributed by atoms with Gasteiger partial charge >= 0.3 is 0 Å². The van der Waals surface area contributed by atoms with E-state index in [0.717, 1.165) is 59.9 Å². The molecule has 5 rings (SSSR count). The second-order valence-corrected chi connectivity index (χ2v) is 9.57. The van der Waals surface area contributed by atoms with Crippen LogP contribution in [0.15, 0.2) is 65.5 Å². The van der Waals surface area contributed by atoms with Crippen LogP contribution in [0.5, 0.6) is 0 Å². The minimum Gasteiger partial charge on any atom is -0.387 e. The molecule has 0 aliphatic carbocycles. The number of fused-ring (bicyclic) bond motifs is 1. The molecule has 3 heterocycles. The normalized spacial score (nSPS) is 18.9. The van der Waals surface area contributed by atoms with Crippen molar-refractivity contribution in [1.82, 2.24) is 15.5 Å². The summed E-state index contributed by atoms with van der Waals surface area (Å²) in [6.07, 6.45) is 9.98. The number of benzene rings is 2. The highest BCUT2D eigenvalue weighted by molar-refractivity contribution is 6.30. The smallest absolute Gasteiger partial charge is 0.137 e. The van der Waals surface area contributed by atoms with Crippen molar-refractivity contribution in [3.05, 3.63) is 82.2 Å². The maximum absolute atomic E-state index is 9.34. The fourth-order valence-electron chi connectivity index (χ4n) is 5.09. The van der Waals surface area contributed by atoms with Crippen molar-refractivity contribution in [2.45, 2.75) is 31.7 Å². The zero-order valence-corrected chi connectivity index (χ0v) is 20.6. The minimum atomic E-state index is -0.125. The van der Waals surface area contributed by atoms with E-state index in [1.807, 2.05) is 36.7 Å². The first-order valence-electron chi connectivity index (χ1n) is 12.1. The molecule has 3 aliphatic rings. The van der Waals surface area contributed by atoms with E-state index in [1.165, 1.54) is 11.1 Å². The first-order valence-corrected chi connectivity index (χ1v) is 12.4. The number of likely N-dealkylation sites (tertiary alicyclic amines) is 1. The average Bonchev–Trinajstić information content (AvgIpc) is 2.91. The van der Waals surface area contributed by atoms with Crippen LogP contribution in [0.3, 0.4) is 0 Å². The van der Waals surface area contributed by atoms with Crippen LogP contribution in [0.4, 0.5) is 5.69 Å². The number of methoxy groups -OCH3 is 1. The highest BCUT2D eigenvalue weighted by Gasteiger charge is 2.29. The molecular weight excluding hydrogens is 458 g/mol. The molecule has 0 radical (unpaired) electrons. The van der Waals surface area contributed by atoms with E-state index in [-0.39, 0.29) is 6.23 Å². The van der Waals surface area contributed by atoms with Crippen molar-refractivity contribution < 1.29 is 4.74 Å². The van der Waals surface area contributed by atoms with E-state index < -0.39 is 0 Å². The Labute approximate surface area is 211 Å². The number of ether oxygens (including phenoxy) is 1. The molecule has 6 nitrogen and oxygen atoms in total. The predicted molar refractivity (Wildman–Crippen MR) is 142 cm³/mol. The summed E-state index contributed by atoms with van der Waals surface area (Å²) in [4.78, 5) is 2.37. The first kappa shape index (κ1) is 23.5. The highest BCUT2D eigenvalue weighted by atomic mass is 35.5. The zero-order chi connectivity index (χ0) is 24.2. The lowest BCUT2D eigenvalue weighted by atomic mass is 9.94. The maximum Gasteiger partial charge on any atom is 0.137 e. The summed E-state index contributed by atoms with van der Waals surface area (Å²) in [5.41, 5.74) is 7.53. The second kappa shape index (κ2) is 10.6. The molecule has 1 saturated heterocycles. The van der Waals surface area contributed by atoms with E-state index in [4.69, 9.17) is 16.3 Å². The highest BCUT2D eigenvalue weighted by Crippen LogP contribution is 2.33. The third kappa shape index (κ3) is 5.08. The molecule has 3 aliphatic heterocycles. The largest absolute Gasteiger partial charge is 0.387 e. The number of nitrogens with one attached hydrogen (secondary N) is 3. The summed E-state index contributed by atoms with van der Waals surface area (Å²) in [5.74, 6) is 0. The fraction of sp³-hybridized carbons (Fsp3) is 0.321. The number of nitrogens with zero attached hydrogens (tertiary/aromatic N) is 2. The molecule has 0 bridgehead atoms. The predicted octanol–water partition coefficient (Wildman–Crippen LogP) is 4.76. The minimum absolute atomic E-state index is 0.125. The molecule has 0 saturated carbocycles. The third-order valence-corrected chi connectivity index (χ3v) is 7.28. The lowest BCUT2D eigenvalue weighted by Crippen LogP contribution is -2.46. The first-order chi connectivity index (χ1) is 17.2. The number of hydrogen-bond acceptors (Lipinski definition) is 6. The van der Waals surface area contributed by atoms with Gasteiger partial charge in [-0.2, -0.15) is 5.26 Å². The Balaban J connectivity index is 1.34. The van der Waals surface area contributed by atoms with Crippen LogP contribution in [-0.2, 0) is 11.3 Å². The monoisotopic (exact) mass is 487 g/mol. The molecular formula is C28H30ClN5O. The van der Waals surface area contributed by atoms with Crippen molar-refractivity contribution in [2.75, 3.05) is 32.1 Å². The molecule has 1 unspecified atom stereocenters. The summed E-state index contributed by atoms with van der Waals surface area (Å²) >= 11 is 6.48. The number of hydrogen-bond donors (Lipinski definition) is 3. The van der Waals surface area contributed by atoms with E-state index in [2.05, 4.69) is 51.2 Å². The van der Waals surface area contributed by atoms with Gasteiger partial charge in [-0.05, 0) is 78.3 Å². The number of halogens is 1. The van der Waals surface area contributed by atoms with Gasteiger partial charge in [-0.3, -0.25) is 4.90 Å². The Hall–Kier alpha value is -3.24. The summed E-state index contributed by atoms with van der Waals surface area (Å²) in [7, 11) is 1.75. The van der Waals surface area contributed by atoms with Crippen molar-refractivity contribution in [3.8, 4) is 17.2 Å². The second-order valence-electron chi connectivity index (χ2n) is 9.12. The summed E-state index contributed by atoms with van der Waals surface area (Å²) in [6.45, 7) is 3.29. The Morgan fingerprint density at radius 3 is 2.66 bits per heavy atom. The van der Waals surface area contributed by atoms with Crippen LogP contribution in [0, 0.1) is 11.3 Å². The van der Waals surface area contributed by atoms with Gasteiger partial charge < -0.3 is 20.7 Å². The zero-order valence-electron chi connectivity index (χ0n) is 19.9. The number of piperidine rings is 1. The van der Waals surface area contributed by atoms with Crippen LogP contribution in [0.1, 0.15) is 29.5 Å². The third-order valence-electron chi connectivity index (χ3n) is 6.93. The Morgan fingerprint density at radius 2 is 1.89 bits per heavy atom. The Morgan fingerprint density at radius 1 is 1.09 bits per heavy atom. The SMILES string of the molecule is COC(C1=C(Cl)CNC=C1)N1CCC(Nc2cc(-c3cccc(C#N)c3)cc3c2CNC=C3)CC1. The molecule has 180 valence electrons. The Kier molecular flexibility index (Phi) is 7.10. The molecule has 3 N–H and O–H groups in total. The molecule has 0 aromatic heterocycles. The van der Waals surface area contributed by atoms with Gasteiger partial charge in [-0.25, -0.2) is 0 Å². The number of nitriles is 1. The molecule has 2 aromatic rings. The van der Waals surface area contributed by atoms with Gasteiger partial charge in [-0.1, -0.05) is 23.7 Å². The molecule has 0 spiro atoms. The Bertz CT molecular complexity index is 1220. The topological polar surface area (TPSA) is 72.3 Å². The molecule has 2 aromatic carbocycles. The van der Waals surface area contributed by atoms with Gasteiger partial charge in [0.1, 0.15) is 6.23 Å². The standard InChI is InChI=1S/C28H30ClN5O/c1-35-28(24-6-10-32-18-26(24)29)34-11-7-23(8-12-34)33-27-15-22(14-21-5-9-31-17-25(21)27)20-4-2-3-19(13-20)16-30/h2-6,9-10,13-15,23,28,31-33H,7-8,11-12,17-18H2,1H3. The van der Waals surface area contributed by atoms with Crippen molar-refractivity contribution in [2.24, 2.45) is 0 Å². The van der Waals surface area contributed by atoms with Crippen LogP contribution in [0.2, 0.25) is 0 Å². The van der Waals surface area contributed by atoms with Gasteiger partial charge in [0.2, 0.25) is 0 Å². The van der Waals surface area contributed by atoms with Crippen LogP contribution < -0.4 is 16.0 Å². The van der Waals surface area contributed by atoms with E-state index in [9.17, 15) is 5.26 Å². The van der Waals surface area contributed by atoms with Crippen LogP contribution >= 0.6 is 11.6 Å². The van der Waals surface area contributed by atoms with Gasteiger partial charge in [-0.15, -0.1) is 0 Å². The van der Waals surface area contributed by atoms with Crippen LogP contribution in [-0.4, -0.2) is 43.9 Å². The lowest BCUT2D eigenvalue weighted by molar-refractivity contribution is -0.0153. The molecule has 7 heteroatoms. The average molecular weight is 488 g/mol. The molecule has 1 fully saturated rings. The number of rotatable bonds is 6. The van der Waals surface area contributed by atoms with Gasteiger partial charge in [0.15, 0.2) is 0 Å². The molecule has 0 amide bonds. The lowest BCUT2D eigenvalue weighted by Gasteiger charge is -2.38. The molecule has 1 atom stereocenters. The van der Waals surface area contributed by atoms with Gasteiger partial charge in [0.25, 0.3) is 0 Å². The van der Waals surface area contributed by atoms with Crippen molar-refractivity contribution in [3.63, 3.8) is 0 Å².